The van der Waals surface area contributed by atoms with Crippen LogP contribution in [0.2, 0.25) is 0 Å². The summed E-state index contributed by atoms with van der Waals surface area (Å²) in [6.45, 7) is 0. The monoisotopic (exact) mass is 188 g/mol. The number of hydrogen-bond acceptors (Lipinski definition) is 4. The molecule has 0 spiro atoms. The van der Waals surface area contributed by atoms with Gasteiger partial charge in [0.15, 0.2) is 5.82 Å². The predicted molar refractivity (Wildman–Crippen MR) is 50.9 cm³/mol. The molecule has 1 heterocycles. The van der Waals surface area contributed by atoms with E-state index in [9.17, 15) is 5.11 Å². The van der Waals surface area contributed by atoms with Crippen LogP contribution in [-0.4, -0.2) is 15.3 Å². The molecule has 0 aliphatic carbocycles. The van der Waals surface area contributed by atoms with Crippen molar-refractivity contribution in [3.63, 3.8) is 0 Å². The number of phenolic OH excluding ortho intramolecular Hbond substituents is 1. The maximum atomic E-state index is 9.36. The van der Waals surface area contributed by atoms with Gasteiger partial charge in [-0.2, -0.15) is 5.10 Å². The molecule has 0 fully saturated rings. The van der Waals surface area contributed by atoms with Crippen molar-refractivity contribution in [3.05, 3.63) is 36.5 Å². The molecule has 5 heteroatoms. The van der Waals surface area contributed by atoms with Crippen LogP contribution in [0.3, 0.4) is 0 Å². The molecule has 1 aromatic heterocycles. The zero-order valence-corrected chi connectivity index (χ0v) is 7.25. The summed E-state index contributed by atoms with van der Waals surface area (Å²) in [5.41, 5.74) is 0.426. The molecule has 70 valence electrons. The van der Waals surface area contributed by atoms with Gasteiger partial charge in [-0.05, 0) is 12.1 Å². The van der Waals surface area contributed by atoms with Gasteiger partial charge in [0, 0.05) is 12.3 Å². The molecule has 0 aliphatic heterocycles. The van der Waals surface area contributed by atoms with Gasteiger partial charge in [-0.25, -0.2) is 0 Å². The van der Waals surface area contributed by atoms with Gasteiger partial charge in [0.05, 0.1) is 0 Å². The zero-order chi connectivity index (χ0) is 9.80. The third kappa shape index (κ3) is 1.77. The van der Waals surface area contributed by atoms with E-state index in [1.807, 2.05) is 0 Å². The Hall–Kier alpha value is -2.17. The highest BCUT2D eigenvalue weighted by Crippen LogP contribution is 2.26. The minimum atomic E-state index is 0.104. The van der Waals surface area contributed by atoms with E-state index in [1.54, 1.807) is 36.5 Å². The van der Waals surface area contributed by atoms with Crippen molar-refractivity contribution in [2.75, 3.05) is 0 Å². The summed E-state index contributed by atoms with van der Waals surface area (Å²) < 4.78 is 0. The summed E-state index contributed by atoms with van der Waals surface area (Å²) in [5.74, 6) is 0.583. The number of hydrogen-bond donors (Lipinski definition) is 2. The number of aromatic nitrogens is 2. The average Bonchev–Trinajstić information content (AvgIpc) is 2.69. The highest BCUT2D eigenvalue weighted by Gasteiger charge is 1.96. The summed E-state index contributed by atoms with van der Waals surface area (Å²) in [6, 6.07) is 8.41. The van der Waals surface area contributed by atoms with E-state index in [0.717, 1.165) is 0 Å². The second-order valence-corrected chi connectivity index (χ2v) is 2.62. The molecule has 2 aromatic rings. The summed E-state index contributed by atoms with van der Waals surface area (Å²) in [4.78, 5) is 0. The molecule has 0 atom stereocenters. The second-order valence-electron chi connectivity index (χ2n) is 2.62. The van der Waals surface area contributed by atoms with Gasteiger partial charge in [-0.1, -0.05) is 12.1 Å². The Kier molecular flexibility index (Phi) is 2.22. The van der Waals surface area contributed by atoms with E-state index >= 15 is 0 Å². The van der Waals surface area contributed by atoms with Crippen molar-refractivity contribution in [2.24, 2.45) is 10.2 Å². The molecule has 2 rings (SSSR count). The van der Waals surface area contributed by atoms with E-state index < -0.39 is 0 Å². The minimum Gasteiger partial charge on any atom is -0.506 e. The van der Waals surface area contributed by atoms with Crippen LogP contribution in [0, 0.1) is 0 Å². The van der Waals surface area contributed by atoms with Gasteiger partial charge in [0.25, 0.3) is 0 Å². The topological polar surface area (TPSA) is 73.6 Å². The Morgan fingerprint density at radius 2 is 2.00 bits per heavy atom. The first kappa shape index (κ1) is 8.43. The third-order valence-corrected chi connectivity index (χ3v) is 1.63. The van der Waals surface area contributed by atoms with Crippen LogP contribution in [0.4, 0.5) is 11.5 Å². The largest absolute Gasteiger partial charge is 0.506 e. The van der Waals surface area contributed by atoms with Crippen LogP contribution in [0.25, 0.3) is 0 Å². The summed E-state index contributed by atoms with van der Waals surface area (Å²) in [5, 5.41) is 23.4. The van der Waals surface area contributed by atoms with Crippen molar-refractivity contribution in [1.82, 2.24) is 10.2 Å². The molecule has 14 heavy (non-hydrogen) atoms. The summed E-state index contributed by atoms with van der Waals surface area (Å²) in [7, 11) is 0. The van der Waals surface area contributed by atoms with E-state index in [1.165, 1.54) is 0 Å². The van der Waals surface area contributed by atoms with Crippen molar-refractivity contribution in [1.29, 1.82) is 0 Å². The molecule has 0 bridgehead atoms. The molecule has 0 amide bonds. The first-order valence-electron chi connectivity index (χ1n) is 4.06. The number of rotatable bonds is 2. The van der Waals surface area contributed by atoms with Crippen molar-refractivity contribution in [3.8, 4) is 5.75 Å². The third-order valence-electron chi connectivity index (χ3n) is 1.63. The fraction of sp³-hybridized carbons (Fsp3) is 0. The van der Waals surface area contributed by atoms with E-state index in [-0.39, 0.29) is 5.75 Å². The normalized spacial score (nSPS) is 10.9. The number of aromatic amines is 1. The fourth-order valence-electron chi connectivity index (χ4n) is 0.962. The van der Waals surface area contributed by atoms with Gasteiger partial charge >= 0.3 is 0 Å². The molecule has 1 aromatic carbocycles. The van der Waals surface area contributed by atoms with Crippen LogP contribution in [0.15, 0.2) is 46.8 Å². The molecule has 0 saturated carbocycles. The average molecular weight is 188 g/mol. The number of H-pyrrole nitrogens is 1. The summed E-state index contributed by atoms with van der Waals surface area (Å²) >= 11 is 0. The van der Waals surface area contributed by atoms with Crippen LogP contribution in [-0.2, 0) is 0 Å². The Bertz CT molecular complexity index is 436. The molecule has 0 radical (unpaired) electrons. The van der Waals surface area contributed by atoms with Gasteiger partial charge in [0.2, 0.25) is 0 Å². The standard InChI is InChI=1S/C9H8N4O/c14-8-4-2-1-3-7(8)11-13-9-5-6-10-12-9/h1-6,14H,(H,10,12)/b13-11+. The van der Waals surface area contributed by atoms with Gasteiger partial charge in [-0.3, -0.25) is 5.10 Å². The number of para-hydroxylation sites is 1. The molecule has 2 N–H and O–H groups in total. The molecule has 0 aliphatic rings. The molecule has 5 nitrogen and oxygen atoms in total. The predicted octanol–water partition coefficient (Wildman–Crippen LogP) is 2.53. The van der Waals surface area contributed by atoms with Gasteiger partial charge in [0.1, 0.15) is 11.4 Å². The van der Waals surface area contributed by atoms with Crippen molar-refractivity contribution in [2.45, 2.75) is 0 Å². The summed E-state index contributed by atoms with van der Waals surface area (Å²) in [6.07, 6.45) is 1.65. The lowest BCUT2D eigenvalue weighted by molar-refractivity contribution is 0.476. The SMILES string of the molecule is Oc1ccccc1/N=N/c1cc[nH]n1. The Morgan fingerprint density at radius 3 is 2.71 bits per heavy atom. The zero-order valence-electron chi connectivity index (χ0n) is 7.25. The lowest BCUT2D eigenvalue weighted by Crippen LogP contribution is -1.66. The second kappa shape index (κ2) is 3.69. The van der Waals surface area contributed by atoms with Crippen LogP contribution < -0.4 is 0 Å². The number of nitrogens with one attached hydrogen (secondary N) is 1. The molecule has 0 saturated heterocycles. The molecule has 0 unspecified atom stereocenters. The van der Waals surface area contributed by atoms with Crippen molar-refractivity contribution < 1.29 is 5.11 Å². The molecular formula is C9H8N4O. The minimum absolute atomic E-state index is 0.104. The van der Waals surface area contributed by atoms with Crippen molar-refractivity contribution >= 4 is 11.5 Å². The van der Waals surface area contributed by atoms with E-state index in [0.29, 0.717) is 11.5 Å². The highest BCUT2D eigenvalue weighted by molar-refractivity contribution is 5.49. The van der Waals surface area contributed by atoms with Gasteiger partial charge < -0.3 is 5.11 Å². The Labute approximate surface area is 80.1 Å². The Morgan fingerprint density at radius 1 is 1.14 bits per heavy atom. The Balaban J connectivity index is 2.23. The number of aromatic hydroxyl groups is 1. The van der Waals surface area contributed by atoms with Crippen LogP contribution >= 0.6 is 0 Å². The lowest BCUT2D eigenvalue weighted by atomic mass is 10.3. The maximum absolute atomic E-state index is 9.36. The van der Waals surface area contributed by atoms with E-state index in [2.05, 4.69) is 20.4 Å². The fourth-order valence-corrected chi connectivity index (χ4v) is 0.962. The molecular weight excluding hydrogens is 180 g/mol. The first-order valence-corrected chi connectivity index (χ1v) is 4.06. The highest BCUT2D eigenvalue weighted by atomic mass is 16.3. The number of azo groups is 1. The lowest BCUT2D eigenvalue weighted by Gasteiger charge is -1.93. The smallest absolute Gasteiger partial charge is 0.195 e. The number of benzene rings is 1. The maximum Gasteiger partial charge on any atom is 0.195 e. The first-order chi connectivity index (χ1) is 6.86. The van der Waals surface area contributed by atoms with Crippen LogP contribution in [0.1, 0.15) is 0 Å². The van der Waals surface area contributed by atoms with Gasteiger partial charge in [-0.15, -0.1) is 10.2 Å². The quantitative estimate of drug-likeness (QED) is 0.710. The van der Waals surface area contributed by atoms with Crippen LogP contribution in [0.5, 0.6) is 5.75 Å². The number of phenols is 1. The van der Waals surface area contributed by atoms with E-state index in [4.69, 9.17) is 0 Å². The number of nitrogens with zero attached hydrogens (tertiary/aromatic N) is 3.